The highest BCUT2D eigenvalue weighted by molar-refractivity contribution is 7.89. The van der Waals surface area contributed by atoms with E-state index >= 15 is 0 Å². The Labute approximate surface area is 106 Å². The number of thiophene rings is 1. The monoisotopic (exact) mass is 274 g/mol. The minimum atomic E-state index is -3.38. The van der Waals surface area contributed by atoms with Gasteiger partial charge in [-0.2, -0.15) is 0 Å². The molecule has 1 atom stereocenters. The van der Waals surface area contributed by atoms with E-state index in [1.165, 1.54) is 11.3 Å². The van der Waals surface area contributed by atoms with Gasteiger partial charge in [-0.1, -0.05) is 13.8 Å². The Kier molecular flexibility index (Phi) is 3.10. The summed E-state index contributed by atoms with van der Waals surface area (Å²) in [4.78, 5) is 2.08. The fourth-order valence-electron chi connectivity index (χ4n) is 1.81. The van der Waals surface area contributed by atoms with Crippen molar-refractivity contribution in [2.24, 2.45) is 11.1 Å². The summed E-state index contributed by atoms with van der Waals surface area (Å²) in [5.74, 6) is 0. The first-order valence-corrected chi connectivity index (χ1v) is 7.88. The van der Waals surface area contributed by atoms with Crippen LogP contribution in [0, 0.1) is 12.3 Å². The zero-order chi connectivity index (χ0) is 12.8. The van der Waals surface area contributed by atoms with Crippen LogP contribution in [0.1, 0.15) is 30.0 Å². The smallest absolute Gasteiger partial charge is 0.241 e. The number of nitrogens with one attached hydrogen (secondary N) is 1. The Morgan fingerprint density at radius 1 is 1.59 bits per heavy atom. The van der Waals surface area contributed by atoms with Gasteiger partial charge in [-0.3, -0.25) is 0 Å². The van der Waals surface area contributed by atoms with Gasteiger partial charge >= 0.3 is 0 Å². The maximum Gasteiger partial charge on any atom is 0.241 e. The molecule has 0 aliphatic heterocycles. The second kappa shape index (κ2) is 4.05. The molecule has 17 heavy (non-hydrogen) atoms. The van der Waals surface area contributed by atoms with E-state index in [1.807, 2.05) is 6.92 Å². The Morgan fingerprint density at radius 2 is 2.18 bits per heavy atom. The molecule has 1 fully saturated rings. The first-order chi connectivity index (χ1) is 7.76. The van der Waals surface area contributed by atoms with Crippen LogP contribution in [-0.2, 0) is 16.6 Å². The van der Waals surface area contributed by atoms with Gasteiger partial charge in [-0.25, -0.2) is 13.1 Å². The minimum absolute atomic E-state index is 0.0631. The van der Waals surface area contributed by atoms with Crippen molar-refractivity contribution in [3.05, 3.63) is 15.8 Å². The highest BCUT2D eigenvalue weighted by atomic mass is 32.2. The summed E-state index contributed by atoms with van der Waals surface area (Å²) in [6.45, 7) is 6.32. The molecule has 6 heteroatoms. The lowest BCUT2D eigenvalue weighted by Crippen LogP contribution is -2.28. The highest BCUT2D eigenvalue weighted by Crippen LogP contribution is 2.45. The number of nitrogens with two attached hydrogens (primary N) is 1. The molecule has 1 saturated carbocycles. The predicted molar refractivity (Wildman–Crippen MR) is 69.5 cm³/mol. The molecule has 4 nitrogen and oxygen atoms in total. The number of sulfonamides is 1. The molecule has 3 N–H and O–H groups in total. The lowest BCUT2D eigenvalue weighted by molar-refractivity contribution is 0.555. The van der Waals surface area contributed by atoms with Crippen LogP contribution in [0.15, 0.2) is 11.0 Å². The number of rotatable bonds is 4. The van der Waals surface area contributed by atoms with Crippen LogP contribution in [0.4, 0.5) is 0 Å². The Bertz CT molecular complexity index is 532. The van der Waals surface area contributed by atoms with E-state index in [0.717, 1.165) is 16.2 Å². The lowest BCUT2D eigenvalue weighted by atomic mass is 10.2. The van der Waals surface area contributed by atoms with Crippen molar-refractivity contribution in [3.8, 4) is 0 Å². The Morgan fingerprint density at radius 3 is 2.59 bits per heavy atom. The number of aryl methyl sites for hydroxylation is 1. The molecule has 0 amide bonds. The van der Waals surface area contributed by atoms with E-state index < -0.39 is 10.0 Å². The molecule has 1 aromatic heterocycles. The van der Waals surface area contributed by atoms with Gasteiger partial charge in [0.25, 0.3) is 0 Å². The van der Waals surface area contributed by atoms with E-state index in [9.17, 15) is 8.42 Å². The second-order valence-electron chi connectivity index (χ2n) is 5.20. The van der Waals surface area contributed by atoms with Gasteiger partial charge in [0.2, 0.25) is 10.0 Å². The molecule has 1 heterocycles. The van der Waals surface area contributed by atoms with Crippen molar-refractivity contribution < 1.29 is 8.42 Å². The number of hydrogen-bond acceptors (Lipinski definition) is 4. The van der Waals surface area contributed by atoms with Crippen molar-refractivity contribution >= 4 is 21.4 Å². The first kappa shape index (κ1) is 13.0. The van der Waals surface area contributed by atoms with Crippen LogP contribution >= 0.6 is 11.3 Å². The molecule has 96 valence electrons. The molecule has 2 rings (SSSR count). The maximum atomic E-state index is 12.2. The second-order valence-corrected chi connectivity index (χ2v) is 8.23. The molecule has 1 aliphatic rings. The van der Waals surface area contributed by atoms with Crippen molar-refractivity contribution in [2.45, 2.75) is 44.7 Å². The summed E-state index contributed by atoms with van der Waals surface area (Å²) in [5, 5.41) is 0. The van der Waals surface area contributed by atoms with Crippen molar-refractivity contribution in [2.75, 3.05) is 0 Å². The fourth-order valence-corrected chi connectivity index (χ4v) is 4.73. The van der Waals surface area contributed by atoms with Crippen LogP contribution in [-0.4, -0.2) is 14.5 Å². The summed E-state index contributed by atoms with van der Waals surface area (Å²) in [6.07, 6.45) is 0.902. The van der Waals surface area contributed by atoms with Gasteiger partial charge in [-0.15, -0.1) is 11.3 Å². The molecule has 0 spiro atoms. The van der Waals surface area contributed by atoms with Crippen LogP contribution < -0.4 is 10.5 Å². The third-order valence-electron chi connectivity index (χ3n) is 3.22. The lowest BCUT2D eigenvalue weighted by Gasteiger charge is -2.07. The molecule has 0 bridgehead atoms. The van der Waals surface area contributed by atoms with Crippen molar-refractivity contribution in [3.63, 3.8) is 0 Å². The first-order valence-electron chi connectivity index (χ1n) is 5.58. The van der Waals surface area contributed by atoms with Crippen molar-refractivity contribution in [1.29, 1.82) is 0 Å². The average molecular weight is 274 g/mol. The normalized spacial score (nSPS) is 22.7. The third kappa shape index (κ3) is 2.54. The fraction of sp³-hybridized carbons (Fsp3) is 0.636. The quantitative estimate of drug-likeness (QED) is 0.876. The van der Waals surface area contributed by atoms with E-state index in [1.54, 1.807) is 6.07 Å². The van der Waals surface area contributed by atoms with Crippen LogP contribution in [0.2, 0.25) is 0 Å². The zero-order valence-electron chi connectivity index (χ0n) is 10.3. The summed E-state index contributed by atoms with van der Waals surface area (Å²) >= 11 is 1.44. The van der Waals surface area contributed by atoms with E-state index in [0.29, 0.717) is 11.4 Å². The molecule has 1 aliphatic carbocycles. The summed E-state index contributed by atoms with van der Waals surface area (Å²) in [7, 11) is -3.38. The molecule has 1 unspecified atom stereocenters. The van der Waals surface area contributed by atoms with Crippen molar-refractivity contribution in [1.82, 2.24) is 4.72 Å². The van der Waals surface area contributed by atoms with Crippen LogP contribution in [0.5, 0.6) is 0 Å². The summed E-state index contributed by atoms with van der Waals surface area (Å²) in [6, 6.07) is 1.74. The Hall–Kier alpha value is -0.430. The van der Waals surface area contributed by atoms with Gasteiger partial charge in [0.15, 0.2) is 0 Å². The highest BCUT2D eigenvalue weighted by Gasteiger charge is 2.48. The largest absolute Gasteiger partial charge is 0.326 e. The maximum absolute atomic E-state index is 12.2. The average Bonchev–Trinajstić information content (AvgIpc) is 2.62. The van der Waals surface area contributed by atoms with Gasteiger partial charge in [0.1, 0.15) is 0 Å². The molecule has 0 saturated heterocycles. The Balaban J connectivity index is 2.23. The van der Waals surface area contributed by atoms with Gasteiger partial charge in [0.05, 0.1) is 4.90 Å². The van der Waals surface area contributed by atoms with E-state index in [-0.39, 0.29) is 11.5 Å². The SMILES string of the molecule is Cc1sc(CN)cc1S(=O)(=O)NC1CC1(C)C. The molecule has 1 aromatic rings. The summed E-state index contributed by atoms with van der Waals surface area (Å²) in [5.41, 5.74) is 5.62. The zero-order valence-corrected chi connectivity index (χ0v) is 11.9. The number of hydrogen-bond donors (Lipinski definition) is 2. The van der Waals surface area contributed by atoms with Crippen LogP contribution in [0.3, 0.4) is 0 Å². The molecular weight excluding hydrogens is 256 g/mol. The van der Waals surface area contributed by atoms with Gasteiger partial charge < -0.3 is 5.73 Å². The predicted octanol–water partition coefficient (Wildman–Crippen LogP) is 1.59. The van der Waals surface area contributed by atoms with Gasteiger partial charge in [-0.05, 0) is 24.8 Å². The van der Waals surface area contributed by atoms with E-state index in [2.05, 4.69) is 18.6 Å². The molecule has 0 radical (unpaired) electrons. The van der Waals surface area contributed by atoms with Gasteiger partial charge in [0, 0.05) is 22.3 Å². The summed E-state index contributed by atoms with van der Waals surface area (Å²) < 4.78 is 27.1. The standard InChI is InChI=1S/C11H18N2O2S2/c1-7-9(4-8(6-12)16-7)17(14,15)13-10-5-11(10,2)3/h4,10,13H,5-6,12H2,1-3H3. The minimum Gasteiger partial charge on any atom is -0.326 e. The van der Waals surface area contributed by atoms with Crippen LogP contribution in [0.25, 0.3) is 0 Å². The molecular formula is C11H18N2O2S2. The third-order valence-corrected chi connectivity index (χ3v) is 6.02. The molecule has 0 aromatic carbocycles. The topological polar surface area (TPSA) is 72.2 Å². The van der Waals surface area contributed by atoms with E-state index in [4.69, 9.17) is 5.73 Å².